The molecule has 0 aliphatic rings. The van der Waals surface area contributed by atoms with Crippen LogP contribution in [0.1, 0.15) is 17.3 Å². The van der Waals surface area contributed by atoms with Crippen molar-refractivity contribution in [3.63, 3.8) is 0 Å². The fraction of sp³-hybridized carbons (Fsp3) is 0.333. The summed E-state index contributed by atoms with van der Waals surface area (Å²) in [6.07, 6.45) is 3.17. The summed E-state index contributed by atoms with van der Waals surface area (Å²) in [5.74, 6) is -0.111. The van der Waals surface area contributed by atoms with Crippen LogP contribution in [0.15, 0.2) is 24.5 Å². The fourth-order valence-corrected chi connectivity index (χ4v) is 0.869. The first-order valence-corrected chi connectivity index (χ1v) is 4.15. The van der Waals surface area contributed by atoms with Crippen LogP contribution in [0, 0.1) is 0 Å². The quantitative estimate of drug-likeness (QED) is 0.694. The molecule has 1 atom stereocenters. The van der Waals surface area contributed by atoms with E-state index in [9.17, 15) is 4.79 Å². The van der Waals surface area contributed by atoms with Crippen LogP contribution in [-0.2, 0) is 0 Å². The Morgan fingerprint density at radius 3 is 2.77 bits per heavy atom. The third-order valence-corrected chi connectivity index (χ3v) is 1.67. The van der Waals surface area contributed by atoms with Crippen molar-refractivity contribution in [3.05, 3.63) is 30.1 Å². The van der Waals surface area contributed by atoms with Crippen LogP contribution in [0.2, 0.25) is 0 Å². The summed E-state index contributed by atoms with van der Waals surface area (Å²) in [5, 5.41) is 2.75. The van der Waals surface area contributed by atoms with Gasteiger partial charge in [0.25, 0.3) is 5.91 Å². The molecular formula is C9H13N3O. The molecule has 0 saturated heterocycles. The minimum Gasteiger partial charge on any atom is -0.348 e. The van der Waals surface area contributed by atoms with Gasteiger partial charge in [-0.2, -0.15) is 0 Å². The van der Waals surface area contributed by atoms with Crippen LogP contribution in [0.3, 0.4) is 0 Å². The molecule has 0 aliphatic heterocycles. The Bertz CT molecular complexity index is 273. The maximum atomic E-state index is 11.4. The highest BCUT2D eigenvalue weighted by molar-refractivity contribution is 5.94. The summed E-state index contributed by atoms with van der Waals surface area (Å²) in [6, 6.07) is 3.33. The number of carbonyl (C=O) groups excluding carboxylic acids is 1. The Morgan fingerprint density at radius 2 is 2.23 bits per heavy atom. The topological polar surface area (TPSA) is 68.0 Å². The molecule has 1 aromatic rings. The van der Waals surface area contributed by atoms with Crippen molar-refractivity contribution in [2.75, 3.05) is 6.54 Å². The molecule has 0 spiro atoms. The molecule has 1 heterocycles. The standard InChI is InChI=1S/C9H13N3O/c1-7(6-10)12-9(13)8-2-4-11-5-3-8/h2-5,7H,6,10H2,1H3,(H,12,13)/t7-/m1/s1. The average molecular weight is 179 g/mol. The normalized spacial score (nSPS) is 12.2. The number of nitrogens with zero attached hydrogens (tertiary/aromatic N) is 1. The Hall–Kier alpha value is -1.42. The summed E-state index contributed by atoms with van der Waals surface area (Å²) in [4.78, 5) is 15.2. The van der Waals surface area contributed by atoms with E-state index in [1.807, 2.05) is 6.92 Å². The van der Waals surface area contributed by atoms with Gasteiger partial charge in [-0.3, -0.25) is 9.78 Å². The van der Waals surface area contributed by atoms with E-state index < -0.39 is 0 Å². The molecule has 0 aromatic carbocycles. The largest absolute Gasteiger partial charge is 0.348 e. The van der Waals surface area contributed by atoms with E-state index in [-0.39, 0.29) is 11.9 Å². The number of hydrogen-bond acceptors (Lipinski definition) is 3. The maximum absolute atomic E-state index is 11.4. The van der Waals surface area contributed by atoms with Gasteiger partial charge in [0, 0.05) is 30.5 Å². The highest BCUT2D eigenvalue weighted by atomic mass is 16.1. The molecule has 0 aliphatic carbocycles. The van der Waals surface area contributed by atoms with Crippen molar-refractivity contribution in [2.24, 2.45) is 5.73 Å². The molecule has 0 radical (unpaired) electrons. The van der Waals surface area contributed by atoms with Crippen LogP contribution < -0.4 is 11.1 Å². The van der Waals surface area contributed by atoms with Gasteiger partial charge in [0.1, 0.15) is 0 Å². The van der Waals surface area contributed by atoms with Gasteiger partial charge < -0.3 is 11.1 Å². The summed E-state index contributed by atoms with van der Waals surface area (Å²) < 4.78 is 0. The number of aromatic nitrogens is 1. The van der Waals surface area contributed by atoms with E-state index in [1.165, 1.54) is 0 Å². The lowest BCUT2D eigenvalue weighted by Crippen LogP contribution is -2.37. The van der Waals surface area contributed by atoms with Crippen molar-refractivity contribution in [1.82, 2.24) is 10.3 Å². The van der Waals surface area contributed by atoms with Crippen molar-refractivity contribution >= 4 is 5.91 Å². The summed E-state index contributed by atoms with van der Waals surface area (Å²) in [5.41, 5.74) is 5.98. The van der Waals surface area contributed by atoms with Crippen molar-refractivity contribution in [3.8, 4) is 0 Å². The van der Waals surface area contributed by atoms with Crippen LogP contribution in [0.4, 0.5) is 0 Å². The maximum Gasteiger partial charge on any atom is 0.251 e. The van der Waals surface area contributed by atoms with Crippen molar-refractivity contribution < 1.29 is 4.79 Å². The monoisotopic (exact) mass is 179 g/mol. The molecule has 4 heteroatoms. The first kappa shape index (κ1) is 9.67. The fourth-order valence-electron chi connectivity index (χ4n) is 0.869. The van der Waals surface area contributed by atoms with E-state index >= 15 is 0 Å². The smallest absolute Gasteiger partial charge is 0.251 e. The molecule has 0 unspecified atom stereocenters. The Morgan fingerprint density at radius 1 is 1.62 bits per heavy atom. The minimum atomic E-state index is -0.111. The van der Waals surface area contributed by atoms with Crippen LogP contribution in [-0.4, -0.2) is 23.5 Å². The zero-order valence-corrected chi connectivity index (χ0v) is 7.53. The number of carbonyl (C=O) groups is 1. The predicted molar refractivity (Wildman–Crippen MR) is 50.2 cm³/mol. The van der Waals surface area contributed by atoms with E-state index in [0.29, 0.717) is 12.1 Å². The molecule has 13 heavy (non-hydrogen) atoms. The second kappa shape index (κ2) is 4.57. The van der Waals surface area contributed by atoms with Gasteiger partial charge in [0.2, 0.25) is 0 Å². The molecule has 1 rings (SSSR count). The molecule has 0 bridgehead atoms. The second-order valence-electron chi connectivity index (χ2n) is 2.85. The van der Waals surface area contributed by atoms with Gasteiger partial charge in [-0.05, 0) is 19.1 Å². The number of nitrogens with two attached hydrogens (primary N) is 1. The average Bonchev–Trinajstić information content (AvgIpc) is 2.19. The minimum absolute atomic E-state index is 0.000616. The lowest BCUT2D eigenvalue weighted by molar-refractivity contribution is 0.0941. The van der Waals surface area contributed by atoms with Gasteiger partial charge in [-0.15, -0.1) is 0 Å². The number of rotatable bonds is 3. The van der Waals surface area contributed by atoms with Gasteiger partial charge in [0.15, 0.2) is 0 Å². The SMILES string of the molecule is C[C@H](CN)NC(=O)c1ccncc1. The Labute approximate surface area is 77.2 Å². The highest BCUT2D eigenvalue weighted by Gasteiger charge is 2.06. The molecule has 0 saturated carbocycles. The second-order valence-corrected chi connectivity index (χ2v) is 2.85. The highest BCUT2D eigenvalue weighted by Crippen LogP contribution is 1.95. The van der Waals surface area contributed by atoms with E-state index in [1.54, 1.807) is 24.5 Å². The first-order valence-electron chi connectivity index (χ1n) is 4.15. The van der Waals surface area contributed by atoms with Gasteiger partial charge in [-0.1, -0.05) is 0 Å². The lowest BCUT2D eigenvalue weighted by Gasteiger charge is -2.10. The first-order chi connectivity index (χ1) is 6.24. The molecule has 1 aromatic heterocycles. The van der Waals surface area contributed by atoms with E-state index in [0.717, 1.165) is 0 Å². The molecule has 0 fully saturated rings. The van der Waals surface area contributed by atoms with Crippen molar-refractivity contribution in [2.45, 2.75) is 13.0 Å². The van der Waals surface area contributed by atoms with Crippen LogP contribution in [0.5, 0.6) is 0 Å². The van der Waals surface area contributed by atoms with E-state index in [4.69, 9.17) is 5.73 Å². The predicted octanol–water partition coefficient (Wildman–Crippen LogP) is 0.159. The molecule has 1 amide bonds. The third-order valence-electron chi connectivity index (χ3n) is 1.67. The van der Waals surface area contributed by atoms with Crippen LogP contribution >= 0.6 is 0 Å². The molecular weight excluding hydrogens is 166 g/mol. The summed E-state index contributed by atoms with van der Waals surface area (Å²) >= 11 is 0. The van der Waals surface area contributed by atoms with Crippen molar-refractivity contribution in [1.29, 1.82) is 0 Å². The van der Waals surface area contributed by atoms with Crippen LogP contribution in [0.25, 0.3) is 0 Å². The zero-order chi connectivity index (χ0) is 9.68. The summed E-state index contributed by atoms with van der Waals surface area (Å²) in [7, 11) is 0. The number of pyridine rings is 1. The van der Waals surface area contributed by atoms with Gasteiger partial charge >= 0.3 is 0 Å². The molecule has 70 valence electrons. The number of amides is 1. The molecule has 4 nitrogen and oxygen atoms in total. The Balaban J connectivity index is 2.59. The number of nitrogens with one attached hydrogen (secondary N) is 1. The zero-order valence-electron chi connectivity index (χ0n) is 7.53. The molecule has 3 N–H and O–H groups in total. The van der Waals surface area contributed by atoms with Gasteiger partial charge in [-0.25, -0.2) is 0 Å². The van der Waals surface area contributed by atoms with E-state index in [2.05, 4.69) is 10.3 Å². The Kier molecular flexibility index (Phi) is 3.40. The third kappa shape index (κ3) is 2.83. The number of hydrogen-bond donors (Lipinski definition) is 2. The lowest BCUT2D eigenvalue weighted by atomic mass is 10.2. The summed E-state index contributed by atoms with van der Waals surface area (Å²) in [6.45, 7) is 2.30. The van der Waals surface area contributed by atoms with Gasteiger partial charge in [0.05, 0.1) is 0 Å².